The van der Waals surface area contributed by atoms with Gasteiger partial charge in [0.05, 0.1) is 23.6 Å². The summed E-state index contributed by atoms with van der Waals surface area (Å²) in [6, 6.07) is 9.52. The molecule has 0 radical (unpaired) electrons. The third-order valence-corrected chi connectivity index (χ3v) is 5.31. The Morgan fingerprint density at radius 1 is 1.23 bits per heavy atom. The molecule has 0 amide bonds. The van der Waals surface area contributed by atoms with E-state index in [-0.39, 0.29) is 11.9 Å². The quantitative estimate of drug-likeness (QED) is 0.719. The molecule has 0 saturated carbocycles. The second kappa shape index (κ2) is 7.47. The molecular formula is C19H20FN5S. The van der Waals surface area contributed by atoms with Crippen LogP contribution >= 0.6 is 11.3 Å². The van der Waals surface area contributed by atoms with Gasteiger partial charge in [-0.15, -0.1) is 11.3 Å². The average Bonchev–Trinajstić information content (AvgIpc) is 3.26. The zero-order valence-corrected chi connectivity index (χ0v) is 15.3. The zero-order chi connectivity index (χ0) is 17.9. The molecule has 7 heteroatoms. The van der Waals surface area contributed by atoms with E-state index in [0.29, 0.717) is 6.54 Å². The number of pyridine rings is 2. The molecule has 1 saturated heterocycles. The smallest absolute Gasteiger partial charge is 0.188 e. The first kappa shape index (κ1) is 17.1. The highest BCUT2D eigenvalue weighted by Crippen LogP contribution is 2.33. The minimum Gasteiger partial charge on any atom is -0.316 e. The molecule has 4 heterocycles. The van der Waals surface area contributed by atoms with Crippen molar-refractivity contribution in [3.63, 3.8) is 0 Å². The van der Waals surface area contributed by atoms with Crippen LogP contribution in [0.5, 0.6) is 0 Å². The summed E-state index contributed by atoms with van der Waals surface area (Å²) >= 11 is 1.61. The number of aryl methyl sites for hydroxylation is 1. The van der Waals surface area contributed by atoms with E-state index in [2.05, 4.69) is 26.3 Å². The number of halogens is 1. The molecule has 1 atom stereocenters. The fraction of sp³-hybridized carbons (Fsp3) is 0.316. The molecule has 0 aromatic carbocycles. The van der Waals surface area contributed by atoms with Gasteiger partial charge in [0.2, 0.25) is 0 Å². The van der Waals surface area contributed by atoms with Crippen LogP contribution in [0.1, 0.15) is 35.1 Å². The Hall–Kier alpha value is -2.38. The topological polar surface area (TPSA) is 53.9 Å². The van der Waals surface area contributed by atoms with Gasteiger partial charge in [-0.25, -0.2) is 14.4 Å². The van der Waals surface area contributed by atoms with E-state index in [1.165, 1.54) is 12.3 Å². The average molecular weight is 369 g/mol. The number of hydrogen-bond acceptors (Lipinski definition) is 6. The fourth-order valence-corrected chi connectivity index (χ4v) is 3.96. The third-order valence-electron chi connectivity index (χ3n) is 4.49. The predicted molar refractivity (Wildman–Crippen MR) is 101 cm³/mol. The Balaban J connectivity index is 1.50. The molecule has 26 heavy (non-hydrogen) atoms. The fourth-order valence-electron chi connectivity index (χ4n) is 3.29. The van der Waals surface area contributed by atoms with Gasteiger partial charge in [0.1, 0.15) is 11.6 Å². The maximum absolute atomic E-state index is 13.1. The van der Waals surface area contributed by atoms with Gasteiger partial charge in [0.25, 0.3) is 0 Å². The Morgan fingerprint density at radius 3 is 2.92 bits per heavy atom. The van der Waals surface area contributed by atoms with Gasteiger partial charge in [-0.1, -0.05) is 6.07 Å². The molecule has 4 rings (SSSR count). The highest BCUT2D eigenvalue weighted by Gasteiger charge is 2.27. The molecule has 1 unspecified atom stereocenters. The monoisotopic (exact) mass is 369 g/mol. The van der Waals surface area contributed by atoms with E-state index < -0.39 is 0 Å². The SMILES string of the molecule is Cc1cnc(Nc2cccc(C3CCCN3Cc3ccc(F)cn3)n2)s1. The van der Waals surface area contributed by atoms with E-state index >= 15 is 0 Å². The number of rotatable bonds is 5. The summed E-state index contributed by atoms with van der Waals surface area (Å²) in [6.45, 7) is 3.73. The number of aromatic nitrogens is 3. The number of anilines is 2. The standard InChI is InChI=1S/C19H20FN5S/c1-13-10-22-19(26-13)24-18-6-2-4-16(23-18)17-5-3-9-25(17)12-15-8-7-14(20)11-21-15/h2,4,6-8,10-11,17H,3,5,9,12H2,1H3,(H,22,23,24). The normalized spacial score (nSPS) is 17.5. The number of hydrogen-bond donors (Lipinski definition) is 1. The van der Waals surface area contributed by atoms with Crippen molar-refractivity contribution in [2.24, 2.45) is 0 Å². The highest BCUT2D eigenvalue weighted by molar-refractivity contribution is 7.15. The first-order valence-corrected chi connectivity index (χ1v) is 9.50. The van der Waals surface area contributed by atoms with Crippen LogP contribution in [-0.4, -0.2) is 26.4 Å². The number of nitrogens with one attached hydrogen (secondary N) is 1. The van der Waals surface area contributed by atoms with Gasteiger partial charge in [-0.3, -0.25) is 9.88 Å². The first-order chi connectivity index (χ1) is 12.7. The lowest BCUT2D eigenvalue weighted by atomic mass is 10.1. The van der Waals surface area contributed by atoms with Gasteiger partial charge in [0.15, 0.2) is 5.13 Å². The molecule has 3 aromatic rings. The van der Waals surface area contributed by atoms with E-state index in [9.17, 15) is 4.39 Å². The van der Waals surface area contributed by atoms with Crippen molar-refractivity contribution in [2.75, 3.05) is 11.9 Å². The van der Waals surface area contributed by atoms with Crippen molar-refractivity contribution in [1.29, 1.82) is 0 Å². The summed E-state index contributed by atoms with van der Waals surface area (Å²) in [4.78, 5) is 16.8. The number of nitrogens with zero attached hydrogens (tertiary/aromatic N) is 4. The van der Waals surface area contributed by atoms with Crippen LogP contribution in [0.2, 0.25) is 0 Å². The lowest BCUT2D eigenvalue weighted by molar-refractivity contribution is 0.241. The third kappa shape index (κ3) is 3.89. The van der Waals surface area contributed by atoms with Crippen LogP contribution in [0.15, 0.2) is 42.7 Å². The van der Waals surface area contributed by atoms with Crippen LogP contribution in [0.25, 0.3) is 0 Å². The van der Waals surface area contributed by atoms with Crippen molar-refractivity contribution in [3.8, 4) is 0 Å². The van der Waals surface area contributed by atoms with E-state index in [0.717, 1.165) is 46.6 Å². The second-order valence-electron chi connectivity index (χ2n) is 6.45. The molecule has 3 aromatic heterocycles. The summed E-state index contributed by atoms with van der Waals surface area (Å²) in [5.74, 6) is 0.508. The number of thiazole rings is 1. The van der Waals surface area contributed by atoms with Crippen LogP contribution in [0, 0.1) is 12.7 Å². The molecule has 0 bridgehead atoms. The van der Waals surface area contributed by atoms with Crippen molar-refractivity contribution < 1.29 is 4.39 Å². The van der Waals surface area contributed by atoms with Gasteiger partial charge >= 0.3 is 0 Å². The minimum atomic E-state index is -0.301. The molecular weight excluding hydrogens is 349 g/mol. The summed E-state index contributed by atoms with van der Waals surface area (Å²) in [7, 11) is 0. The molecule has 1 N–H and O–H groups in total. The van der Waals surface area contributed by atoms with Crippen molar-refractivity contribution in [2.45, 2.75) is 32.4 Å². The summed E-state index contributed by atoms with van der Waals surface area (Å²) in [5.41, 5.74) is 1.92. The molecule has 1 aliphatic heterocycles. The lowest BCUT2D eigenvalue weighted by Gasteiger charge is -2.24. The molecule has 1 aliphatic rings. The minimum absolute atomic E-state index is 0.252. The molecule has 5 nitrogen and oxygen atoms in total. The van der Waals surface area contributed by atoms with Gasteiger partial charge < -0.3 is 5.32 Å². The van der Waals surface area contributed by atoms with E-state index in [4.69, 9.17) is 4.98 Å². The van der Waals surface area contributed by atoms with Crippen LogP contribution in [0.3, 0.4) is 0 Å². The van der Waals surface area contributed by atoms with E-state index in [1.807, 2.05) is 25.3 Å². The Bertz CT molecular complexity index is 880. The van der Waals surface area contributed by atoms with Crippen molar-refractivity contribution in [1.82, 2.24) is 19.9 Å². The van der Waals surface area contributed by atoms with Crippen LogP contribution in [-0.2, 0) is 6.54 Å². The molecule has 0 aliphatic carbocycles. The van der Waals surface area contributed by atoms with Crippen LogP contribution < -0.4 is 5.32 Å². The van der Waals surface area contributed by atoms with Gasteiger partial charge in [-0.05, 0) is 50.6 Å². The molecule has 1 fully saturated rings. The Labute approximate surface area is 156 Å². The summed E-state index contributed by atoms with van der Waals surface area (Å²) < 4.78 is 13.1. The Kier molecular flexibility index (Phi) is 4.90. The highest BCUT2D eigenvalue weighted by atomic mass is 32.1. The molecule has 134 valence electrons. The Morgan fingerprint density at radius 2 is 2.15 bits per heavy atom. The zero-order valence-electron chi connectivity index (χ0n) is 14.5. The van der Waals surface area contributed by atoms with Crippen LogP contribution in [0.4, 0.5) is 15.3 Å². The van der Waals surface area contributed by atoms with Gasteiger partial charge in [-0.2, -0.15) is 0 Å². The molecule has 0 spiro atoms. The first-order valence-electron chi connectivity index (χ1n) is 8.68. The van der Waals surface area contributed by atoms with Crippen molar-refractivity contribution in [3.05, 3.63) is 64.8 Å². The second-order valence-corrected chi connectivity index (χ2v) is 7.68. The maximum Gasteiger partial charge on any atom is 0.188 e. The van der Waals surface area contributed by atoms with E-state index in [1.54, 1.807) is 17.4 Å². The predicted octanol–water partition coefficient (Wildman–Crippen LogP) is 4.46. The van der Waals surface area contributed by atoms with Crippen molar-refractivity contribution >= 4 is 22.3 Å². The summed E-state index contributed by atoms with van der Waals surface area (Å²) in [5, 5.41) is 4.14. The lowest BCUT2D eigenvalue weighted by Crippen LogP contribution is -2.24. The van der Waals surface area contributed by atoms with Gasteiger partial charge in [0, 0.05) is 17.6 Å². The number of likely N-dealkylation sites (tertiary alicyclic amines) is 1. The maximum atomic E-state index is 13.1. The largest absolute Gasteiger partial charge is 0.316 e. The summed E-state index contributed by atoms with van der Waals surface area (Å²) in [6.07, 6.45) is 5.31.